The Hall–Kier alpha value is -1.52. The van der Waals surface area contributed by atoms with Crippen molar-refractivity contribution in [1.82, 2.24) is 18.8 Å². The number of sulfonamides is 1. The van der Waals surface area contributed by atoms with E-state index in [0.29, 0.717) is 18.1 Å². The molecule has 0 bridgehead atoms. The Kier molecular flexibility index (Phi) is 6.25. The summed E-state index contributed by atoms with van der Waals surface area (Å²) in [5.74, 6) is 0.468. The van der Waals surface area contributed by atoms with Gasteiger partial charge in [0.25, 0.3) is 0 Å². The smallest absolute Gasteiger partial charge is 0.277 e. The lowest BCUT2D eigenvalue weighted by Gasteiger charge is -2.19. The lowest BCUT2D eigenvalue weighted by atomic mass is 10.2. The fourth-order valence-corrected chi connectivity index (χ4v) is 5.06. The number of hydrogen-bond donors (Lipinski definition) is 0. The molecule has 0 atom stereocenters. The Balaban J connectivity index is 1.67. The maximum atomic E-state index is 12.8. The number of hydrogen-bond acceptors (Lipinski definition) is 5. The third-order valence-electron chi connectivity index (χ3n) is 4.22. The number of nitrogens with zero attached hydrogens (tertiary/aromatic N) is 4. The summed E-state index contributed by atoms with van der Waals surface area (Å²) in [5, 5.41) is 0.559. The maximum absolute atomic E-state index is 12.8. The van der Waals surface area contributed by atoms with Gasteiger partial charge in [-0.25, -0.2) is 18.4 Å². The summed E-state index contributed by atoms with van der Waals surface area (Å²) in [6.07, 6.45) is 7.73. The zero-order chi connectivity index (χ0) is 18.6. The summed E-state index contributed by atoms with van der Waals surface area (Å²) in [5.41, 5.74) is 0. The molecule has 6 nitrogen and oxygen atoms in total. The van der Waals surface area contributed by atoms with E-state index in [2.05, 4.69) is 9.97 Å². The van der Waals surface area contributed by atoms with Crippen LogP contribution < -0.4 is 0 Å². The largest absolute Gasteiger partial charge is 0.319 e. The van der Waals surface area contributed by atoms with Gasteiger partial charge >= 0.3 is 6.55 Å². The minimum atomic E-state index is -3.53. The summed E-state index contributed by atoms with van der Waals surface area (Å²) in [6.45, 7) is -1.56. The highest BCUT2D eigenvalue weighted by atomic mass is 32.2. The molecule has 0 amide bonds. The van der Waals surface area contributed by atoms with Crippen LogP contribution in [-0.4, -0.2) is 40.3 Å². The Morgan fingerprint density at radius 1 is 1.12 bits per heavy atom. The SMILES string of the molecule is O=S(=O)(c1ccc(SCc2nccn2C(F)F)nc1)N1CCCCCC1. The van der Waals surface area contributed by atoms with E-state index in [-0.39, 0.29) is 16.5 Å². The van der Waals surface area contributed by atoms with Gasteiger partial charge in [-0.15, -0.1) is 0 Å². The van der Waals surface area contributed by atoms with E-state index >= 15 is 0 Å². The Morgan fingerprint density at radius 3 is 2.46 bits per heavy atom. The number of aromatic nitrogens is 3. The number of pyridine rings is 1. The van der Waals surface area contributed by atoms with Crippen molar-refractivity contribution < 1.29 is 17.2 Å². The average Bonchev–Trinajstić information content (AvgIpc) is 2.92. The fourth-order valence-electron chi connectivity index (χ4n) is 2.81. The number of halogens is 2. The lowest BCUT2D eigenvalue weighted by Crippen LogP contribution is -2.32. The lowest BCUT2D eigenvalue weighted by molar-refractivity contribution is 0.0678. The first-order valence-electron chi connectivity index (χ1n) is 8.37. The Labute approximate surface area is 155 Å². The van der Waals surface area contributed by atoms with Gasteiger partial charge in [0.05, 0.1) is 10.8 Å². The first-order valence-corrected chi connectivity index (χ1v) is 10.8. The third-order valence-corrected chi connectivity index (χ3v) is 7.04. The van der Waals surface area contributed by atoms with Crippen LogP contribution in [0.3, 0.4) is 0 Å². The molecule has 3 rings (SSSR count). The van der Waals surface area contributed by atoms with Crippen LogP contribution >= 0.6 is 11.8 Å². The summed E-state index contributed by atoms with van der Waals surface area (Å²) < 4.78 is 53.3. The van der Waals surface area contributed by atoms with Gasteiger partial charge in [0.1, 0.15) is 10.7 Å². The quantitative estimate of drug-likeness (QED) is 0.692. The number of rotatable bonds is 6. The van der Waals surface area contributed by atoms with Gasteiger partial charge in [-0.05, 0) is 25.0 Å². The van der Waals surface area contributed by atoms with E-state index in [4.69, 9.17) is 0 Å². The zero-order valence-electron chi connectivity index (χ0n) is 14.1. The molecule has 0 radical (unpaired) electrons. The molecule has 1 aliphatic rings. The van der Waals surface area contributed by atoms with Crippen LogP contribution in [0.15, 0.2) is 40.6 Å². The van der Waals surface area contributed by atoms with E-state index in [1.165, 1.54) is 40.7 Å². The molecule has 0 N–H and O–H groups in total. The van der Waals surface area contributed by atoms with Crippen LogP contribution in [0.5, 0.6) is 0 Å². The molecule has 2 aromatic rings. The van der Waals surface area contributed by atoms with Crippen molar-refractivity contribution in [3.63, 3.8) is 0 Å². The molecule has 2 aromatic heterocycles. The van der Waals surface area contributed by atoms with Gasteiger partial charge in [0, 0.05) is 31.7 Å². The van der Waals surface area contributed by atoms with Crippen molar-refractivity contribution in [3.05, 3.63) is 36.5 Å². The molecule has 0 unspecified atom stereocenters. The molecule has 10 heteroatoms. The van der Waals surface area contributed by atoms with Gasteiger partial charge in [0.15, 0.2) is 0 Å². The molecule has 26 heavy (non-hydrogen) atoms. The van der Waals surface area contributed by atoms with Crippen LogP contribution in [0.1, 0.15) is 38.1 Å². The van der Waals surface area contributed by atoms with Gasteiger partial charge in [0.2, 0.25) is 10.0 Å². The van der Waals surface area contributed by atoms with Crippen LogP contribution in [0.2, 0.25) is 0 Å². The second kappa shape index (κ2) is 8.45. The van der Waals surface area contributed by atoms with Crippen LogP contribution in [-0.2, 0) is 15.8 Å². The molecule has 0 saturated carbocycles. The van der Waals surface area contributed by atoms with Crippen LogP contribution in [0, 0.1) is 0 Å². The van der Waals surface area contributed by atoms with E-state index in [9.17, 15) is 17.2 Å². The van der Waals surface area contributed by atoms with E-state index in [1.807, 2.05) is 0 Å². The second-order valence-corrected chi connectivity index (χ2v) is 8.90. The highest BCUT2D eigenvalue weighted by Gasteiger charge is 2.25. The summed E-state index contributed by atoms with van der Waals surface area (Å²) in [7, 11) is -3.53. The Bertz CT molecular complexity index is 817. The predicted molar refractivity (Wildman–Crippen MR) is 94.5 cm³/mol. The Morgan fingerprint density at radius 2 is 1.85 bits per heavy atom. The molecule has 142 valence electrons. The monoisotopic (exact) mass is 402 g/mol. The summed E-state index contributed by atoms with van der Waals surface area (Å²) in [4.78, 5) is 8.25. The van der Waals surface area contributed by atoms with E-state index < -0.39 is 16.6 Å². The minimum absolute atomic E-state index is 0.165. The predicted octanol–water partition coefficient (Wildman–Crippen LogP) is 3.53. The average molecular weight is 402 g/mol. The summed E-state index contributed by atoms with van der Waals surface area (Å²) >= 11 is 1.23. The highest BCUT2D eigenvalue weighted by Crippen LogP contribution is 2.25. The first-order chi connectivity index (χ1) is 12.5. The fraction of sp³-hybridized carbons (Fsp3) is 0.500. The van der Waals surface area contributed by atoms with Crippen molar-refractivity contribution in [2.45, 2.75) is 47.9 Å². The van der Waals surface area contributed by atoms with Gasteiger partial charge in [-0.1, -0.05) is 24.6 Å². The molecule has 1 saturated heterocycles. The molecular formula is C16H20F2N4O2S2. The standard InChI is InChI=1S/C16H20F2N4O2S2/c17-16(18)22-10-7-19-14(22)12-25-15-6-5-13(11-20-15)26(23,24)21-8-3-1-2-4-9-21/h5-7,10-11,16H,1-4,8-9,12H2. The molecule has 3 heterocycles. The van der Waals surface area contributed by atoms with Crippen molar-refractivity contribution in [2.75, 3.05) is 13.1 Å². The second-order valence-electron chi connectivity index (χ2n) is 5.97. The number of alkyl halides is 2. The van der Waals surface area contributed by atoms with Crippen molar-refractivity contribution in [1.29, 1.82) is 0 Å². The number of thioether (sulfide) groups is 1. The van der Waals surface area contributed by atoms with E-state index in [0.717, 1.165) is 30.3 Å². The van der Waals surface area contributed by atoms with E-state index in [1.54, 1.807) is 6.07 Å². The van der Waals surface area contributed by atoms with Gasteiger partial charge in [-0.2, -0.15) is 13.1 Å². The van der Waals surface area contributed by atoms with Crippen LogP contribution in [0.4, 0.5) is 8.78 Å². The van der Waals surface area contributed by atoms with Crippen molar-refractivity contribution >= 4 is 21.8 Å². The zero-order valence-corrected chi connectivity index (χ0v) is 15.7. The van der Waals surface area contributed by atoms with Crippen molar-refractivity contribution in [2.24, 2.45) is 0 Å². The third kappa shape index (κ3) is 4.41. The molecule has 1 fully saturated rings. The van der Waals surface area contributed by atoms with Crippen LogP contribution in [0.25, 0.3) is 0 Å². The summed E-state index contributed by atoms with van der Waals surface area (Å²) in [6, 6.07) is 3.13. The van der Waals surface area contributed by atoms with Gasteiger partial charge in [-0.3, -0.25) is 4.57 Å². The molecule has 1 aliphatic heterocycles. The minimum Gasteiger partial charge on any atom is -0.277 e. The molecule has 0 spiro atoms. The normalized spacial score (nSPS) is 16.7. The molecular weight excluding hydrogens is 382 g/mol. The molecule has 0 aliphatic carbocycles. The number of imidazole rings is 1. The topological polar surface area (TPSA) is 68.1 Å². The van der Waals surface area contributed by atoms with Gasteiger partial charge < -0.3 is 0 Å². The maximum Gasteiger partial charge on any atom is 0.319 e. The first kappa shape index (κ1) is 19.2. The molecule has 0 aromatic carbocycles. The highest BCUT2D eigenvalue weighted by molar-refractivity contribution is 7.98. The van der Waals surface area contributed by atoms with Crippen molar-refractivity contribution in [3.8, 4) is 0 Å².